The van der Waals surface area contributed by atoms with Crippen LogP contribution in [-0.2, 0) is 0 Å². The molecule has 3 nitrogen and oxygen atoms in total. The third-order valence-electron chi connectivity index (χ3n) is 12.1. The van der Waals surface area contributed by atoms with Gasteiger partial charge in [0.25, 0.3) is 0 Å². The Kier molecular flexibility index (Phi) is 8.17. The summed E-state index contributed by atoms with van der Waals surface area (Å²) < 4.78 is 13.6. The van der Waals surface area contributed by atoms with E-state index < -0.39 is 0 Å². The molecule has 0 amide bonds. The van der Waals surface area contributed by atoms with Crippen molar-refractivity contribution in [2.24, 2.45) is 0 Å². The molecule has 0 aliphatic heterocycles. The quantitative estimate of drug-likeness (QED) is 0.161. The van der Waals surface area contributed by atoms with Crippen molar-refractivity contribution in [2.45, 2.75) is 0 Å². The van der Waals surface area contributed by atoms with E-state index in [1.807, 2.05) is 6.07 Å². The normalized spacial score (nSPS) is 11.6. The van der Waals surface area contributed by atoms with Gasteiger partial charge in [-0.15, -0.1) is 0 Å². The molecular formula is C58H37NO2. The average Bonchev–Trinajstić information content (AvgIpc) is 3.90. The second-order valence-corrected chi connectivity index (χ2v) is 15.7. The van der Waals surface area contributed by atoms with Crippen molar-refractivity contribution in [1.82, 2.24) is 0 Å². The Balaban J connectivity index is 1.13. The molecule has 61 heavy (non-hydrogen) atoms. The molecule has 0 saturated carbocycles. The van der Waals surface area contributed by atoms with Crippen LogP contribution < -0.4 is 4.90 Å². The molecule has 12 rings (SSSR count). The highest BCUT2D eigenvalue weighted by Gasteiger charge is 2.24. The van der Waals surface area contributed by atoms with Crippen molar-refractivity contribution in [3.8, 4) is 44.5 Å². The van der Waals surface area contributed by atoms with Crippen LogP contribution >= 0.6 is 0 Å². The van der Waals surface area contributed by atoms with E-state index in [0.29, 0.717) is 0 Å². The first kappa shape index (κ1) is 34.9. The minimum absolute atomic E-state index is 0.844. The van der Waals surface area contributed by atoms with Gasteiger partial charge in [0.05, 0.1) is 11.1 Å². The van der Waals surface area contributed by atoms with Gasteiger partial charge in [-0.1, -0.05) is 158 Å². The van der Waals surface area contributed by atoms with E-state index in [9.17, 15) is 0 Å². The summed E-state index contributed by atoms with van der Waals surface area (Å²) in [6.45, 7) is 0. The van der Waals surface area contributed by atoms with Crippen LogP contribution in [0.25, 0.3) is 99.2 Å². The van der Waals surface area contributed by atoms with Crippen molar-refractivity contribution in [2.75, 3.05) is 4.90 Å². The largest absolute Gasteiger partial charge is 0.456 e. The molecule has 10 aromatic carbocycles. The van der Waals surface area contributed by atoms with Crippen molar-refractivity contribution in [3.05, 3.63) is 224 Å². The van der Waals surface area contributed by atoms with Gasteiger partial charge in [-0.2, -0.15) is 0 Å². The lowest BCUT2D eigenvalue weighted by Crippen LogP contribution is -2.10. The third kappa shape index (κ3) is 5.98. The lowest BCUT2D eigenvalue weighted by atomic mass is 9.96. The molecule has 2 heterocycles. The molecule has 0 N–H and O–H groups in total. The van der Waals surface area contributed by atoms with Crippen molar-refractivity contribution >= 4 is 71.7 Å². The molecule has 0 saturated heterocycles. The number of fused-ring (bicyclic) bond motifs is 7. The van der Waals surface area contributed by atoms with Gasteiger partial charge in [-0.25, -0.2) is 0 Å². The lowest BCUT2D eigenvalue weighted by molar-refractivity contribution is 0.669. The van der Waals surface area contributed by atoms with Gasteiger partial charge in [-0.05, 0) is 116 Å². The van der Waals surface area contributed by atoms with Gasteiger partial charge in [0, 0.05) is 33.1 Å². The van der Waals surface area contributed by atoms with Gasteiger partial charge < -0.3 is 13.7 Å². The zero-order valence-electron chi connectivity index (χ0n) is 33.1. The molecule has 0 atom stereocenters. The summed E-state index contributed by atoms with van der Waals surface area (Å²) in [6.07, 6.45) is 0. The number of nitrogens with zero attached hydrogens (tertiary/aromatic N) is 1. The standard InChI is InChI=1S/C58H37NO2/c1-5-14-38(15-6-1)43-25-29-49-52-37-46(28-33-54(52)60-55(49)34-43)59(45-27-24-42-22-13-23-47(51(42)36-45)40-18-9-3-10-19-40)53-32-31-48(41-20-11-4-12-21-41)58-57(53)50-30-26-44(35-56(50)61-58)39-16-7-2-8-17-39/h1-37H. The van der Waals surface area contributed by atoms with E-state index in [0.717, 1.165) is 94.3 Å². The first-order chi connectivity index (χ1) is 30.2. The van der Waals surface area contributed by atoms with Crippen LogP contribution in [0.1, 0.15) is 0 Å². The molecule has 0 spiro atoms. The van der Waals surface area contributed by atoms with Crippen molar-refractivity contribution in [3.63, 3.8) is 0 Å². The fourth-order valence-corrected chi connectivity index (χ4v) is 9.11. The Hall–Kier alpha value is -8.14. The Morgan fingerprint density at radius 3 is 1.51 bits per heavy atom. The van der Waals surface area contributed by atoms with E-state index in [1.165, 1.54) is 21.9 Å². The Morgan fingerprint density at radius 2 is 0.852 bits per heavy atom. The molecule has 0 fully saturated rings. The molecule has 2 aromatic heterocycles. The van der Waals surface area contributed by atoms with Crippen LogP contribution in [0.15, 0.2) is 233 Å². The number of hydrogen-bond donors (Lipinski definition) is 0. The highest BCUT2D eigenvalue weighted by molar-refractivity contribution is 6.18. The Bertz CT molecular complexity index is 3570. The number of benzene rings is 10. The van der Waals surface area contributed by atoms with Gasteiger partial charge in [-0.3, -0.25) is 0 Å². The molecule has 0 bridgehead atoms. The number of anilines is 3. The van der Waals surface area contributed by atoms with Crippen LogP contribution in [0, 0.1) is 0 Å². The molecule has 3 heteroatoms. The van der Waals surface area contributed by atoms with Gasteiger partial charge in [0.15, 0.2) is 0 Å². The first-order valence-electron chi connectivity index (χ1n) is 20.7. The van der Waals surface area contributed by atoms with Crippen LogP contribution in [0.2, 0.25) is 0 Å². The molecule has 12 aromatic rings. The van der Waals surface area contributed by atoms with Gasteiger partial charge in [0.2, 0.25) is 0 Å². The minimum Gasteiger partial charge on any atom is -0.456 e. The van der Waals surface area contributed by atoms with Crippen molar-refractivity contribution in [1.29, 1.82) is 0 Å². The molecule has 0 unspecified atom stereocenters. The van der Waals surface area contributed by atoms with Crippen LogP contribution in [0.5, 0.6) is 0 Å². The SMILES string of the molecule is c1ccc(-c2ccc3c(c2)oc2ccc(N(c4ccc5cccc(-c6ccccc6)c5c4)c4ccc(-c5ccccc5)c5oc6cc(-c7ccccc7)ccc6c45)cc23)cc1. The summed E-state index contributed by atoms with van der Waals surface area (Å²) >= 11 is 0. The van der Waals surface area contributed by atoms with Crippen LogP contribution in [-0.4, -0.2) is 0 Å². The average molecular weight is 780 g/mol. The minimum atomic E-state index is 0.844. The summed E-state index contributed by atoms with van der Waals surface area (Å²) in [7, 11) is 0. The van der Waals surface area contributed by atoms with Gasteiger partial charge >= 0.3 is 0 Å². The maximum atomic E-state index is 7.03. The smallest absolute Gasteiger partial charge is 0.145 e. The van der Waals surface area contributed by atoms with E-state index in [-0.39, 0.29) is 0 Å². The lowest BCUT2D eigenvalue weighted by Gasteiger charge is -2.27. The second-order valence-electron chi connectivity index (χ2n) is 15.7. The predicted molar refractivity (Wildman–Crippen MR) is 255 cm³/mol. The van der Waals surface area contributed by atoms with E-state index in [1.54, 1.807) is 0 Å². The zero-order chi connectivity index (χ0) is 40.3. The third-order valence-corrected chi connectivity index (χ3v) is 12.1. The number of furan rings is 2. The van der Waals surface area contributed by atoms with Crippen molar-refractivity contribution < 1.29 is 8.83 Å². The highest BCUT2D eigenvalue weighted by atomic mass is 16.3. The topological polar surface area (TPSA) is 29.5 Å². The molecule has 286 valence electrons. The maximum absolute atomic E-state index is 7.03. The van der Waals surface area contributed by atoms with Crippen LogP contribution in [0.4, 0.5) is 17.1 Å². The van der Waals surface area contributed by atoms with Crippen LogP contribution in [0.3, 0.4) is 0 Å². The molecule has 0 aliphatic carbocycles. The Morgan fingerprint density at radius 1 is 0.295 bits per heavy atom. The summed E-state index contributed by atoms with van der Waals surface area (Å²) in [5.74, 6) is 0. The molecule has 0 aliphatic rings. The Labute approximate surface area is 353 Å². The molecule has 0 radical (unpaired) electrons. The summed E-state index contributed by atoms with van der Waals surface area (Å²) in [5, 5.41) is 6.61. The zero-order valence-corrected chi connectivity index (χ0v) is 33.1. The summed E-state index contributed by atoms with van der Waals surface area (Å²) in [6, 6.07) is 79.8. The number of rotatable bonds is 7. The predicted octanol–water partition coefficient (Wildman–Crippen LogP) is 16.8. The monoisotopic (exact) mass is 779 g/mol. The van der Waals surface area contributed by atoms with E-state index in [4.69, 9.17) is 8.83 Å². The summed E-state index contributed by atoms with van der Waals surface area (Å²) in [4.78, 5) is 2.40. The highest BCUT2D eigenvalue weighted by Crippen LogP contribution is 2.48. The molecular weight excluding hydrogens is 743 g/mol. The maximum Gasteiger partial charge on any atom is 0.145 e. The van der Waals surface area contributed by atoms with Gasteiger partial charge in [0.1, 0.15) is 22.3 Å². The second kappa shape index (κ2) is 14.3. The summed E-state index contributed by atoms with van der Waals surface area (Å²) in [5.41, 5.74) is 15.6. The fourth-order valence-electron chi connectivity index (χ4n) is 9.11. The van der Waals surface area contributed by atoms with E-state index >= 15 is 0 Å². The first-order valence-corrected chi connectivity index (χ1v) is 20.7. The fraction of sp³-hybridized carbons (Fsp3) is 0. The van der Waals surface area contributed by atoms with E-state index in [2.05, 4.69) is 223 Å². The number of hydrogen-bond acceptors (Lipinski definition) is 3.